The SMILES string of the molecule is CN1CCOC(CNCc2cnn3ccccc23)C1. The molecule has 0 bridgehead atoms. The van der Waals surface area contributed by atoms with E-state index in [1.807, 2.05) is 29.0 Å². The number of hydrogen-bond donors (Lipinski definition) is 1. The first kappa shape index (κ1) is 12.6. The zero-order chi connectivity index (χ0) is 13.1. The molecule has 0 aromatic carbocycles. The Balaban J connectivity index is 1.55. The fraction of sp³-hybridized carbons (Fsp3) is 0.500. The summed E-state index contributed by atoms with van der Waals surface area (Å²) in [6.07, 6.45) is 4.19. The van der Waals surface area contributed by atoms with Crippen molar-refractivity contribution in [3.63, 3.8) is 0 Å². The molecule has 1 unspecified atom stereocenters. The van der Waals surface area contributed by atoms with Crippen molar-refractivity contribution in [2.45, 2.75) is 12.6 Å². The van der Waals surface area contributed by atoms with Gasteiger partial charge in [0, 0.05) is 37.9 Å². The maximum atomic E-state index is 5.73. The van der Waals surface area contributed by atoms with Gasteiger partial charge in [0.05, 0.1) is 24.4 Å². The second-order valence-corrected chi connectivity index (χ2v) is 5.09. The molecule has 2 aromatic rings. The van der Waals surface area contributed by atoms with E-state index < -0.39 is 0 Å². The summed E-state index contributed by atoms with van der Waals surface area (Å²) in [6.45, 7) is 4.58. The third-order valence-electron chi connectivity index (χ3n) is 3.54. The minimum atomic E-state index is 0.292. The monoisotopic (exact) mass is 260 g/mol. The predicted octanol–water partition coefficient (Wildman–Crippen LogP) is 0.754. The number of nitrogens with zero attached hydrogens (tertiary/aromatic N) is 3. The Bertz CT molecular complexity index is 539. The normalized spacial score (nSPS) is 21.0. The largest absolute Gasteiger partial charge is 0.374 e. The van der Waals surface area contributed by atoms with Crippen molar-refractivity contribution < 1.29 is 4.74 Å². The molecule has 0 saturated carbocycles. The second kappa shape index (κ2) is 5.69. The van der Waals surface area contributed by atoms with E-state index in [2.05, 4.69) is 28.4 Å². The van der Waals surface area contributed by atoms with Crippen LogP contribution in [0, 0.1) is 0 Å². The van der Waals surface area contributed by atoms with Crippen molar-refractivity contribution in [3.8, 4) is 0 Å². The topological polar surface area (TPSA) is 41.8 Å². The smallest absolute Gasteiger partial charge is 0.0826 e. The Morgan fingerprint density at radius 3 is 3.32 bits per heavy atom. The van der Waals surface area contributed by atoms with Crippen LogP contribution in [0.3, 0.4) is 0 Å². The summed E-state index contributed by atoms with van der Waals surface area (Å²) in [7, 11) is 2.14. The van der Waals surface area contributed by atoms with Gasteiger partial charge in [0.25, 0.3) is 0 Å². The van der Waals surface area contributed by atoms with E-state index in [1.165, 1.54) is 5.56 Å². The number of nitrogens with one attached hydrogen (secondary N) is 1. The van der Waals surface area contributed by atoms with Gasteiger partial charge in [-0.05, 0) is 19.2 Å². The van der Waals surface area contributed by atoms with E-state index in [-0.39, 0.29) is 0 Å². The highest BCUT2D eigenvalue weighted by atomic mass is 16.5. The van der Waals surface area contributed by atoms with Crippen LogP contribution in [0.1, 0.15) is 5.56 Å². The van der Waals surface area contributed by atoms with Gasteiger partial charge < -0.3 is 15.0 Å². The summed E-state index contributed by atoms with van der Waals surface area (Å²) in [5.41, 5.74) is 2.39. The molecule has 1 N–H and O–H groups in total. The molecule has 19 heavy (non-hydrogen) atoms. The molecule has 1 aliphatic heterocycles. The highest BCUT2D eigenvalue weighted by molar-refractivity contribution is 5.53. The quantitative estimate of drug-likeness (QED) is 0.881. The Kier molecular flexibility index (Phi) is 3.77. The third kappa shape index (κ3) is 2.94. The van der Waals surface area contributed by atoms with Crippen LogP contribution in [0.15, 0.2) is 30.6 Å². The van der Waals surface area contributed by atoms with Crippen LogP contribution < -0.4 is 5.32 Å². The fourth-order valence-electron chi connectivity index (χ4n) is 2.48. The Morgan fingerprint density at radius 2 is 2.42 bits per heavy atom. The molecule has 1 fully saturated rings. The maximum absolute atomic E-state index is 5.73. The van der Waals surface area contributed by atoms with E-state index in [1.54, 1.807) is 0 Å². The number of fused-ring (bicyclic) bond motifs is 1. The van der Waals surface area contributed by atoms with Crippen molar-refractivity contribution >= 4 is 5.52 Å². The van der Waals surface area contributed by atoms with Gasteiger partial charge in [-0.2, -0.15) is 5.10 Å². The number of aromatic nitrogens is 2. The van der Waals surface area contributed by atoms with Gasteiger partial charge >= 0.3 is 0 Å². The lowest BCUT2D eigenvalue weighted by molar-refractivity contribution is -0.0182. The third-order valence-corrected chi connectivity index (χ3v) is 3.54. The Morgan fingerprint density at radius 1 is 1.47 bits per heavy atom. The van der Waals surface area contributed by atoms with Crippen LogP contribution >= 0.6 is 0 Å². The summed E-state index contributed by atoms with van der Waals surface area (Å²) < 4.78 is 7.63. The molecule has 3 rings (SSSR count). The molecule has 3 heterocycles. The molecule has 1 aliphatic rings. The van der Waals surface area contributed by atoms with Gasteiger partial charge in [-0.3, -0.25) is 0 Å². The Labute approximate surface area is 113 Å². The van der Waals surface area contributed by atoms with Crippen LogP contribution in [0.5, 0.6) is 0 Å². The van der Waals surface area contributed by atoms with Gasteiger partial charge in [0.2, 0.25) is 0 Å². The first-order valence-corrected chi connectivity index (χ1v) is 6.75. The van der Waals surface area contributed by atoms with Gasteiger partial charge in [-0.1, -0.05) is 6.07 Å². The first-order chi connectivity index (χ1) is 9.33. The van der Waals surface area contributed by atoms with Crippen molar-refractivity contribution in [3.05, 3.63) is 36.2 Å². The standard InChI is InChI=1S/C14H20N4O/c1-17-6-7-19-13(11-17)10-15-8-12-9-16-18-5-3-2-4-14(12)18/h2-5,9,13,15H,6-8,10-11H2,1H3. The van der Waals surface area contributed by atoms with E-state index in [0.717, 1.165) is 38.3 Å². The molecule has 2 aromatic heterocycles. The van der Waals surface area contributed by atoms with E-state index in [0.29, 0.717) is 6.10 Å². The molecule has 102 valence electrons. The van der Waals surface area contributed by atoms with Gasteiger partial charge in [0.15, 0.2) is 0 Å². The second-order valence-electron chi connectivity index (χ2n) is 5.09. The number of ether oxygens (including phenoxy) is 1. The lowest BCUT2D eigenvalue weighted by Crippen LogP contribution is -2.44. The number of likely N-dealkylation sites (N-methyl/N-ethyl adjacent to an activating group) is 1. The van der Waals surface area contributed by atoms with Crippen molar-refractivity contribution in [2.75, 3.05) is 33.3 Å². The van der Waals surface area contributed by atoms with Crippen LogP contribution in [-0.4, -0.2) is 53.9 Å². The van der Waals surface area contributed by atoms with Gasteiger partial charge in [0.1, 0.15) is 0 Å². The minimum absolute atomic E-state index is 0.292. The van der Waals surface area contributed by atoms with Crippen LogP contribution in [0.25, 0.3) is 5.52 Å². The lowest BCUT2D eigenvalue weighted by Gasteiger charge is -2.30. The van der Waals surface area contributed by atoms with Crippen LogP contribution in [0.2, 0.25) is 0 Å². The van der Waals surface area contributed by atoms with E-state index >= 15 is 0 Å². The summed E-state index contributed by atoms with van der Waals surface area (Å²) in [5.74, 6) is 0. The minimum Gasteiger partial charge on any atom is -0.374 e. The van der Waals surface area contributed by atoms with Crippen molar-refractivity contribution in [1.29, 1.82) is 0 Å². The molecule has 0 radical (unpaired) electrons. The number of morpholine rings is 1. The fourth-order valence-corrected chi connectivity index (χ4v) is 2.48. The summed E-state index contributed by atoms with van der Waals surface area (Å²) in [6, 6.07) is 6.12. The van der Waals surface area contributed by atoms with Gasteiger partial charge in [-0.25, -0.2) is 4.52 Å². The molecule has 0 spiro atoms. The zero-order valence-electron chi connectivity index (χ0n) is 11.2. The molecule has 0 amide bonds. The predicted molar refractivity (Wildman–Crippen MR) is 74.1 cm³/mol. The number of hydrogen-bond acceptors (Lipinski definition) is 4. The molecule has 5 nitrogen and oxygen atoms in total. The highest BCUT2D eigenvalue weighted by Crippen LogP contribution is 2.09. The highest BCUT2D eigenvalue weighted by Gasteiger charge is 2.17. The first-order valence-electron chi connectivity index (χ1n) is 6.75. The molecule has 1 saturated heterocycles. The summed E-state index contributed by atoms with van der Waals surface area (Å²) >= 11 is 0. The average Bonchev–Trinajstić information content (AvgIpc) is 2.83. The van der Waals surface area contributed by atoms with Crippen LogP contribution in [0.4, 0.5) is 0 Å². The summed E-state index contributed by atoms with van der Waals surface area (Å²) in [4.78, 5) is 2.31. The van der Waals surface area contributed by atoms with Crippen molar-refractivity contribution in [2.24, 2.45) is 0 Å². The lowest BCUT2D eigenvalue weighted by atomic mass is 10.2. The van der Waals surface area contributed by atoms with Crippen LogP contribution in [-0.2, 0) is 11.3 Å². The van der Waals surface area contributed by atoms with Gasteiger partial charge in [-0.15, -0.1) is 0 Å². The Hall–Kier alpha value is -1.43. The zero-order valence-corrected chi connectivity index (χ0v) is 11.2. The molecule has 1 atom stereocenters. The van der Waals surface area contributed by atoms with E-state index in [4.69, 9.17) is 4.74 Å². The molecule has 0 aliphatic carbocycles. The number of pyridine rings is 1. The number of rotatable bonds is 4. The molecular formula is C14H20N4O. The molecule has 5 heteroatoms. The average molecular weight is 260 g/mol. The maximum Gasteiger partial charge on any atom is 0.0826 e. The van der Waals surface area contributed by atoms with E-state index in [9.17, 15) is 0 Å². The molecular weight excluding hydrogens is 240 g/mol. The summed E-state index contributed by atoms with van der Waals surface area (Å²) in [5, 5.41) is 7.80. The van der Waals surface area contributed by atoms with Crippen molar-refractivity contribution in [1.82, 2.24) is 19.8 Å².